The van der Waals surface area contributed by atoms with E-state index in [1.807, 2.05) is 44.4 Å². The number of nitrogens with one attached hydrogen (secondary N) is 3. The SMILES string of the molecule is CSc1cc(C)[nH]c(=O)c1CNC(=O)c1c(C)n([C@H](C)C2CC(NC3CC(C#N)C3)C2)c2ccccc12. The van der Waals surface area contributed by atoms with Gasteiger partial charge < -0.3 is 20.2 Å². The topological polar surface area (TPSA) is 103 Å². The number of nitriles is 1. The minimum Gasteiger partial charge on any atom is -0.348 e. The second-order valence-electron chi connectivity index (χ2n) is 10.7. The van der Waals surface area contributed by atoms with Gasteiger partial charge in [-0.1, -0.05) is 18.2 Å². The van der Waals surface area contributed by atoms with Crippen LogP contribution in [0.5, 0.6) is 0 Å². The molecule has 3 aromatic rings. The van der Waals surface area contributed by atoms with Crippen molar-refractivity contribution in [1.29, 1.82) is 5.26 Å². The number of H-pyrrole nitrogens is 1. The summed E-state index contributed by atoms with van der Waals surface area (Å²) in [5.41, 5.74) is 3.95. The summed E-state index contributed by atoms with van der Waals surface area (Å²) >= 11 is 1.51. The molecule has 0 saturated heterocycles. The third-order valence-corrected chi connectivity index (χ3v) is 9.12. The fraction of sp³-hybridized carbons (Fsp3) is 0.483. The van der Waals surface area contributed by atoms with Gasteiger partial charge in [-0.2, -0.15) is 5.26 Å². The number of benzene rings is 1. The third kappa shape index (κ3) is 4.83. The number of hydrogen-bond acceptors (Lipinski definition) is 5. The van der Waals surface area contributed by atoms with E-state index in [1.54, 1.807) is 0 Å². The summed E-state index contributed by atoms with van der Waals surface area (Å²) in [5, 5.41) is 16.7. The van der Waals surface area contributed by atoms with Gasteiger partial charge in [-0.3, -0.25) is 9.59 Å². The minimum absolute atomic E-state index is 0.156. The Hall–Kier alpha value is -3.02. The van der Waals surface area contributed by atoms with E-state index >= 15 is 0 Å². The van der Waals surface area contributed by atoms with E-state index in [2.05, 4.69) is 39.2 Å². The number of rotatable bonds is 8. The van der Waals surface area contributed by atoms with Crippen molar-refractivity contribution in [2.45, 2.75) is 76.0 Å². The van der Waals surface area contributed by atoms with Crippen LogP contribution in [0.15, 0.2) is 40.0 Å². The lowest BCUT2D eigenvalue weighted by atomic mass is 9.73. The highest BCUT2D eigenvalue weighted by molar-refractivity contribution is 7.98. The van der Waals surface area contributed by atoms with E-state index in [0.717, 1.165) is 52.9 Å². The summed E-state index contributed by atoms with van der Waals surface area (Å²) < 4.78 is 2.33. The lowest BCUT2D eigenvalue weighted by Gasteiger charge is -2.44. The van der Waals surface area contributed by atoms with Gasteiger partial charge in [0.1, 0.15) is 0 Å². The molecule has 8 heteroatoms. The van der Waals surface area contributed by atoms with E-state index in [9.17, 15) is 9.59 Å². The summed E-state index contributed by atoms with van der Waals surface area (Å²) in [7, 11) is 0. The van der Waals surface area contributed by atoms with Gasteiger partial charge in [-0.05, 0) is 70.8 Å². The van der Waals surface area contributed by atoms with Crippen LogP contribution in [0.2, 0.25) is 0 Å². The van der Waals surface area contributed by atoms with Crippen LogP contribution in [0, 0.1) is 37.0 Å². The number of amides is 1. The van der Waals surface area contributed by atoms with Crippen LogP contribution in [0.3, 0.4) is 0 Å². The first-order valence-electron chi connectivity index (χ1n) is 13.1. The summed E-state index contributed by atoms with van der Waals surface area (Å²) in [4.78, 5) is 29.8. The molecular weight excluding hydrogens is 482 g/mol. The first-order valence-corrected chi connectivity index (χ1v) is 14.3. The number of nitrogens with zero attached hydrogens (tertiary/aromatic N) is 2. The standard InChI is InChI=1S/C29H35N5O2S/c1-16-9-26(37-4)24(28(35)32-16)15-31-29(36)27-18(3)34(25-8-6-5-7-23(25)27)17(2)20-12-22(13-20)33-21-10-19(11-21)14-30/h5-9,17,19-22,33H,10-13,15H2,1-4H3,(H,31,36)(H,32,35)/t17-,19?,20?,21?,22?/m1/s1. The molecule has 1 atom stereocenters. The molecule has 0 unspecified atom stereocenters. The molecule has 2 aliphatic rings. The molecule has 2 saturated carbocycles. The molecule has 7 nitrogen and oxygen atoms in total. The Bertz CT molecular complexity index is 1420. The van der Waals surface area contributed by atoms with Crippen molar-refractivity contribution in [2.75, 3.05) is 6.26 Å². The number of aromatic amines is 1. The number of aromatic nitrogens is 2. The molecule has 1 amide bonds. The zero-order valence-corrected chi connectivity index (χ0v) is 22.7. The molecule has 0 radical (unpaired) electrons. The smallest absolute Gasteiger partial charge is 0.254 e. The number of hydrogen-bond donors (Lipinski definition) is 3. The van der Waals surface area contributed by atoms with E-state index < -0.39 is 0 Å². The zero-order chi connectivity index (χ0) is 26.3. The number of para-hydroxylation sites is 1. The van der Waals surface area contributed by atoms with Crippen molar-refractivity contribution >= 4 is 28.6 Å². The quantitative estimate of drug-likeness (QED) is 0.372. The van der Waals surface area contributed by atoms with Gasteiger partial charge in [-0.15, -0.1) is 11.8 Å². The highest BCUT2D eigenvalue weighted by Gasteiger charge is 2.39. The predicted molar refractivity (Wildman–Crippen MR) is 148 cm³/mol. The molecule has 2 aliphatic carbocycles. The van der Waals surface area contributed by atoms with E-state index in [0.29, 0.717) is 29.1 Å². The van der Waals surface area contributed by atoms with Gasteiger partial charge in [-0.25, -0.2) is 0 Å². The van der Waals surface area contributed by atoms with Crippen LogP contribution in [-0.2, 0) is 6.54 Å². The van der Waals surface area contributed by atoms with Crippen LogP contribution in [0.1, 0.15) is 66.0 Å². The fourth-order valence-electron chi connectivity index (χ4n) is 6.09. The van der Waals surface area contributed by atoms with Crippen LogP contribution >= 0.6 is 11.8 Å². The average Bonchev–Trinajstić information content (AvgIpc) is 3.12. The van der Waals surface area contributed by atoms with Crippen LogP contribution < -0.4 is 16.2 Å². The molecule has 0 aliphatic heterocycles. The second kappa shape index (κ2) is 10.4. The summed E-state index contributed by atoms with van der Waals surface area (Å²) in [6, 6.07) is 13.7. The van der Waals surface area contributed by atoms with E-state index in [4.69, 9.17) is 5.26 Å². The number of fused-ring (bicyclic) bond motifs is 1. The van der Waals surface area contributed by atoms with E-state index in [1.165, 1.54) is 11.8 Å². The van der Waals surface area contributed by atoms with Gasteiger partial charge in [0, 0.05) is 63.3 Å². The van der Waals surface area contributed by atoms with Crippen LogP contribution in [-0.4, -0.2) is 33.8 Å². The Morgan fingerprint density at radius 2 is 1.92 bits per heavy atom. The highest BCUT2D eigenvalue weighted by atomic mass is 32.2. The number of thioether (sulfide) groups is 1. The Morgan fingerprint density at radius 3 is 2.62 bits per heavy atom. The maximum atomic E-state index is 13.5. The molecule has 5 rings (SSSR count). The van der Waals surface area contributed by atoms with Crippen molar-refractivity contribution in [3.8, 4) is 6.07 Å². The third-order valence-electron chi connectivity index (χ3n) is 8.31. The second-order valence-corrected chi connectivity index (χ2v) is 11.5. The highest BCUT2D eigenvalue weighted by Crippen LogP contribution is 2.41. The van der Waals surface area contributed by atoms with Gasteiger partial charge >= 0.3 is 0 Å². The zero-order valence-electron chi connectivity index (χ0n) is 21.9. The lowest BCUT2D eigenvalue weighted by molar-refractivity contribution is 0.0950. The average molecular weight is 518 g/mol. The van der Waals surface area contributed by atoms with Crippen LogP contribution in [0.4, 0.5) is 0 Å². The van der Waals surface area contributed by atoms with Crippen molar-refractivity contribution in [3.63, 3.8) is 0 Å². The van der Waals surface area contributed by atoms with Gasteiger partial charge in [0.15, 0.2) is 0 Å². The molecule has 2 fully saturated rings. The molecule has 0 bridgehead atoms. The fourth-order valence-corrected chi connectivity index (χ4v) is 6.80. The summed E-state index contributed by atoms with van der Waals surface area (Å²) in [6.07, 6.45) is 6.10. The number of aryl methyl sites for hydroxylation is 1. The Kier molecular flexibility index (Phi) is 7.19. The summed E-state index contributed by atoms with van der Waals surface area (Å²) in [6.45, 7) is 6.33. The molecular formula is C29H35N5O2S. The molecule has 1 aromatic carbocycles. The minimum atomic E-state index is -0.157. The predicted octanol–water partition coefficient (Wildman–Crippen LogP) is 4.83. The maximum Gasteiger partial charge on any atom is 0.254 e. The molecule has 0 spiro atoms. The van der Waals surface area contributed by atoms with Gasteiger partial charge in [0.05, 0.1) is 11.6 Å². The van der Waals surface area contributed by atoms with Crippen LogP contribution in [0.25, 0.3) is 10.9 Å². The molecule has 2 aromatic heterocycles. The van der Waals surface area contributed by atoms with Crippen molar-refractivity contribution in [2.24, 2.45) is 11.8 Å². The Labute approximate surface area is 222 Å². The number of pyridine rings is 1. The van der Waals surface area contributed by atoms with Crippen molar-refractivity contribution in [3.05, 3.63) is 63.2 Å². The molecule has 37 heavy (non-hydrogen) atoms. The van der Waals surface area contributed by atoms with Gasteiger partial charge in [0.2, 0.25) is 0 Å². The largest absolute Gasteiger partial charge is 0.348 e. The molecule has 3 N–H and O–H groups in total. The first kappa shape index (κ1) is 25.6. The normalized spacial score (nSPS) is 23.6. The molecule has 194 valence electrons. The van der Waals surface area contributed by atoms with Gasteiger partial charge in [0.25, 0.3) is 11.5 Å². The maximum absolute atomic E-state index is 13.5. The number of carbonyl (C=O) groups is 1. The lowest BCUT2D eigenvalue weighted by Crippen LogP contribution is -2.52. The number of carbonyl (C=O) groups excluding carboxylic acids is 1. The first-order chi connectivity index (χ1) is 17.8. The monoisotopic (exact) mass is 517 g/mol. The van der Waals surface area contributed by atoms with Crippen molar-refractivity contribution in [1.82, 2.24) is 20.2 Å². The van der Waals surface area contributed by atoms with E-state index in [-0.39, 0.29) is 30.0 Å². The summed E-state index contributed by atoms with van der Waals surface area (Å²) in [5.74, 6) is 0.601. The Balaban J connectivity index is 1.33. The van der Waals surface area contributed by atoms with Crippen molar-refractivity contribution < 1.29 is 4.79 Å². The molecule has 2 heterocycles. The Morgan fingerprint density at radius 1 is 1.22 bits per heavy atom.